The summed E-state index contributed by atoms with van der Waals surface area (Å²) < 4.78 is 12.2. The number of piperidine rings is 1. The van der Waals surface area contributed by atoms with Crippen molar-refractivity contribution in [2.24, 2.45) is 4.99 Å². The highest BCUT2D eigenvalue weighted by Gasteiger charge is 2.19. The van der Waals surface area contributed by atoms with Crippen molar-refractivity contribution >= 4 is 16.8 Å². The lowest BCUT2D eigenvalue weighted by Gasteiger charge is -2.32. The first-order valence-electron chi connectivity index (χ1n) is 8.86. The normalized spacial score (nSPS) is 18.3. The van der Waals surface area contributed by atoms with Gasteiger partial charge >= 0.3 is 0 Å². The van der Waals surface area contributed by atoms with Crippen LogP contribution in [0.15, 0.2) is 40.2 Å². The zero-order valence-corrected chi connectivity index (χ0v) is 15.6. The van der Waals surface area contributed by atoms with Gasteiger partial charge in [0.15, 0.2) is 5.96 Å². The van der Waals surface area contributed by atoms with Gasteiger partial charge in [-0.15, -0.1) is 0 Å². The lowest BCUT2D eigenvalue weighted by atomic mass is 10.1. The molecule has 1 aromatic rings. The number of guanidine groups is 1. The van der Waals surface area contributed by atoms with E-state index in [0.717, 1.165) is 36.8 Å². The Morgan fingerprint density at radius 2 is 2.00 bits per heavy atom. The van der Waals surface area contributed by atoms with Crippen LogP contribution in [0.4, 0.5) is 0 Å². The average molecular weight is 351 g/mol. The molecular weight excluding hydrogens is 320 g/mol. The summed E-state index contributed by atoms with van der Waals surface area (Å²) in [5.41, 5.74) is 0. The summed E-state index contributed by atoms with van der Waals surface area (Å²) >= 11 is 0. The molecule has 0 aliphatic carbocycles. The summed E-state index contributed by atoms with van der Waals surface area (Å²) in [6, 6.07) is 10.1. The van der Waals surface area contributed by atoms with Gasteiger partial charge in [-0.25, -0.2) is 0 Å². The molecule has 1 heterocycles. The van der Waals surface area contributed by atoms with Crippen molar-refractivity contribution < 1.29 is 4.21 Å². The SMILES string of the molecule is CCCN1CCC(NC(=NC)NCCS(=O)c2ccccc2)CC1. The molecule has 1 saturated heterocycles. The molecule has 0 bridgehead atoms. The molecule has 0 radical (unpaired) electrons. The summed E-state index contributed by atoms with van der Waals surface area (Å²) in [6.45, 7) is 6.39. The lowest BCUT2D eigenvalue weighted by molar-refractivity contribution is 0.206. The van der Waals surface area contributed by atoms with Gasteiger partial charge in [0, 0.05) is 43.4 Å². The van der Waals surface area contributed by atoms with E-state index in [4.69, 9.17) is 0 Å². The first-order valence-corrected chi connectivity index (χ1v) is 10.2. The number of likely N-dealkylation sites (tertiary alicyclic amines) is 1. The molecule has 2 N–H and O–H groups in total. The summed E-state index contributed by atoms with van der Waals surface area (Å²) in [7, 11) is 0.820. The van der Waals surface area contributed by atoms with E-state index < -0.39 is 10.8 Å². The van der Waals surface area contributed by atoms with Crippen molar-refractivity contribution in [1.29, 1.82) is 0 Å². The van der Waals surface area contributed by atoms with Crippen LogP contribution in [-0.2, 0) is 10.8 Å². The molecule has 1 fully saturated rings. The summed E-state index contributed by atoms with van der Waals surface area (Å²) in [6.07, 6.45) is 3.52. The van der Waals surface area contributed by atoms with Gasteiger partial charge in [-0.05, 0) is 37.9 Å². The van der Waals surface area contributed by atoms with E-state index in [1.165, 1.54) is 13.0 Å². The minimum absolute atomic E-state index is 0.476. The van der Waals surface area contributed by atoms with Crippen LogP contribution in [0.2, 0.25) is 0 Å². The molecule has 5 nitrogen and oxygen atoms in total. The molecule has 24 heavy (non-hydrogen) atoms. The maximum absolute atomic E-state index is 12.2. The van der Waals surface area contributed by atoms with E-state index in [9.17, 15) is 4.21 Å². The maximum atomic E-state index is 12.2. The van der Waals surface area contributed by atoms with Gasteiger partial charge < -0.3 is 15.5 Å². The van der Waals surface area contributed by atoms with E-state index in [2.05, 4.69) is 27.4 Å². The highest BCUT2D eigenvalue weighted by Crippen LogP contribution is 2.10. The second-order valence-corrected chi connectivity index (χ2v) is 7.69. The van der Waals surface area contributed by atoms with E-state index in [1.54, 1.807) is 7.05 Å². The molecule has 0 amide bonds. The highest BCUT2D eigenvalue weighted by molar-refractivity contribution is 7.85. The zero-order chi connectivity index (χ0) is 17.2. The fourth-order valence-electron chi connectivity index (χ4n) is 2.96. The monoisotopic (exact) mass is 350 g/mol. The maximum Gasteiger partial charge on any atom is 0.191 e. The molecular formula is C18H30N4OS. The van der Waals surface area contributed by atoms with Crippen molar-refractivity contribution in [2.45, 2.75) is 37.1 Å². The number of rotatable bonds is 7. The largest absolute Gasteiger partial charge is 0.355 e. The second kappa shape index (κ2) is 10.5. The molecule has 6 heteroatoms. The second-order valence-electron chi connectivity index (χ2n) is 6.12. The zero-order valence-electron chi connectivity index (χ0n) is 14.8. The fraction of sp³-hybridized carbons (Fsp3) is 0.611. The van der Waals surface area contributed by atoms with E-state index in [1.807, 2.05) is 30.3 Å². The number of nitrogens with one attached hydrogen (secondary N) is 2. The number of nitrogens with zero attached hydrogens (tertiary/aromatic N) is 2. The summed E-state index contributed by atoms with van der Waals surface area (Å²) in [5.74, 6) is 1.40. The van der Waals surface area contributed by atoms with Gasteiger partial charge in [0.2, 0.25) is 0 Å². The molecule has 1 aliphatic rings. The Labute approximate surface area is 148 Å². The molecule has 134 valence electrons. The van der Waals surface area contributed by atoms with Crippen LogP contribution in [-0.4, -0.2) is 60.1 Å². The quantitative estimate of drug-likeness (QED) is 0.582. The number of aliphatic imine (C=N–C) groups is 1. The Balaban J connectivity index is 1.69. The van der Waals surface area contributed by atoms with Crippen LogP contribution in [0, 0.1) is 0 Å². The Bertz CT molecular complexity index is 527. The van der Waals surface area contributed by atoms with Crippen LogP contribution >= 0.6 is 0 Å². The van der Waals surface area contributed by atoms with E-state index in [-0.39, 0.29) is 0 Å². The van der Waals surface area contributed by atoms with Gasteiger partial charge in [-0.1, -0.05) is 25.1 Å². The predicted molar refractivity (Wildman–Crippen MR) is 102 cm³/mol. The minimum Gasteiger partial charge on any atom is -0.355 e. The number of hydrogen-bond acceptors (Lipinski definition) is 3. The predicted octanol–water partition coefficient (Wildman–Crippen LogP) is 1.83. The average Bonchev–Trinajstić information content (AvgIpc) is 2.63. The van der Waals surface area contributed by atoms with Gasteiger partial charge in [0.1, 0.15) is 0 Å². The Morgan fingerprint density at radius 1 is 1.29 bits per heavy atom. The smallest absolute Gasteiger partial charge is 0.191 e. The van der Waals surface area contributed by atoms with Crippen molar-refractivity contribution in [3.8, 4) is 0 Å². The first-order chi connectivity index (χ1) is 11.7. The Morgan fingerprint density at radius 3 is 2.62 bits per heavy atom. The van der Waals surface area contributed by atoms with Gasteiger partial charge in [0.25, 0.3) is 0 Å². The van der Waals surface area contributed by atoms with Gasteiger partial charge in [0.05, 0.1) is 10.8 Å². The number of hydrogen-bond donors (Lipinski definition) is 2. The van der Waals surface area contributed by atoms with Crippen LogP contribution in [0.25, 0.3) is 0 Å². The van der Waals surface area contributed by atoms with Crippen molar-refractivity contribution in [3.63, 3.8) is 0 Å². The third-order valence-corrected chi connectivity index (χ3v) is 5.65. The molecule has 1 aliphatic heterocycles. The molecule has 2 rings (SSSR count). The third-order valence-electron chi connectivity index (χ3n) is 4.28. The Hall–Kier alpha value is -1.40. The summed E-state index contributed by atoms with van der Waals surface area (Å²) in [4.78, 5) is 7.69. The van der Waals surface area contributed by atoms with E-state index >= 15 is 0 Å². The van der Waals surface area contributed by atoms with Gasteiger partial charge in [-0.2, -0.15) is 0 Å². The lowest BCUT2D eigenvalue weighted by Crippen LogP contribution is -2.49. The molecule has 1 atom stereocenters. The van der Waals surface area contributed by atoms with E-state index in [0.29, 0.717) is 18.3 Å². The number of benzene rings is 1. The minimum atomic E-state index is -0.968. The van der Waals surface area contributed by atoms with Crippen molar-refractivity contribution in [3.05, 3.63) is 30.3 Å². The summed E-state index contributed by atoms with van der Waals surface area (Å²) in [5, 5.41) is 6.78. The van der Waals surface area contributed by atoms with Gasteiger partial charge in [-0.3, -0.25) is 9.20 Å². The fourth-order valence-corrected chi connectivity index (χ4v) is 3.94. The highest BCUT2D eigenvalue weighted by atomic mass is 32.2. The molecule has 1 aromatic carbocycles. The molecule has 1 unspecified atom stereocenters. The van der Waals surface area contributed by atoms with Crippen LogP contribution in [0.1, 0.15) is 26.2 Å². The first kappa shape index (κ1) is 18.9. The topological polar surface area (TPSA) is 56.7 Å². The third kappa shape index (κ3) is 6.24. The van der Waals surface area contributed by atoms with Crippen LogP contribution < -0.4 is 10.6 Å². The van der Waals surface area contributed by atoms with Crippen molar-refractivity contribution in [2.75, 3.05) is 39.0 Å². The molecule has 0 aromatic heterocycles. The molecule has 0 spiro atoms. The van der Waals surface area contributed by atoms with Crippen molar-refractivity contribution in [1.82, 2.24) is 15.5 Å². The van der Waals surface area contributed by atoms with Crippen LogP contribution in [0.3, 0.4) is 0 Å². The molecule has 0 saturated carbocycles. The standard InChI is InChI=1S/C18H30N4OS/c1-3-12-22-13-9-16(10-14-22)21-18(19-2)20-11-15-24(23)17-7-5-4-6-8-17/h4-8,16H,3,9-15H2,1-2H3,(H2,19,20,21). The van der Waals surface area contributed by atoms with Crippen LogP contribution in [0.5, 0.6) is 0 Å². The Kier molecular flexibility index (Phi) is 8.25.